The molecular weight excluding hydrogens is 342 g/mol. The molecule has 0 aliphatic carbocycles. The Bertz CT molecular complexity index is 955. The van der Waals surface area contributed by atoms with Crippen LogP contribution in [0.25, 0.3) is 0 Å². The van der Waals surface area contributed by atoms with Crippen LogP contribution >= 0.6 is 11.3 Å². The topological polar surface area (TPSA) is 46.4 Å². The van der Waals surface area contributed by atoms with Crippen LogP contribution in [0.5, 0.6) is 0 Å². The van der Waals surface area contributed by atoms with E-state index in [-0.39, 0.29) is 5.91 Å². The fraction of sp³-hybridized carbons (Fsp3) is 0.238. The van der Waals surface area contributed by atoms with Gasteiger partial charge in [-0.15, -0.1) is 11.3 Å². The molecule has 0 saturated carbocycles. The highest BCUT2D eigenvalue weighted by Crippen LogP contribution is 2.20. The van der Waals surface area contributed by atoms with Gasteiger partial charge in [-0.05, 0) is 35.7 Å². The van der Waals surface area contributed by atoms with Crippen molar-refractivity contribution in [2.24, 2.45) is 12.0 Å². The third-order valence-electron chi connectivity index (χ3n) is 4.18. The van der Waals surface area contributed by atoms with Crippen LogP contribution in [0.15, 0.2) is 65.0 Å². The van der Waals surface area contributed by atoms with Crippen LogP contribution in [0.3, 0.4) is 0 Å². The van der Waals surface area contributed by atoms with Crippen molar-refractivity contribution in [2.75, 3.05) is 5.32 Å². The summed E-state index contributed by atoms with van der Waals surface area (Å²) in [5.74, 6) is 0.442. The van der Waals surface area contributed by atoms with E-state index in [9.17, 15) is 4.79 Å². The second-order valence-electron chi connectivity index (χ2n) is 6.52. The number of hydrogen-bond donors (Lipinski definition) is 1. The van der Waals surface area contributed by atoms with E-state index in [2.05, 4.69) is 31.3 Å². The van der Waals surface area contributed by atoms with E-state index >= 15 is 0 Å². The quantitative estimate of drug-likeness (QED) is 0.704. The predicted molar refractivity (Wildman–Crippen MR) is 108 cm³/mol. The maximum atomic E-state index is 12.3. The molecule has 2 aromatic carbocycles. The monoisotopic (exact) mass is 365 g/mol. The Hall–Kier alpha value is -2.66. The van der Waals surface area contributed by atoms with Gasteiger partial charge in [0.25, 0.3) is 0 Å². The molecule has 0 bridgehead atoms. The first-order valence-corrected chi connectivity index (χ1v) is 9.54. The first kappa shape index (κ1) is 18.1. The molecule has 3 aromatic rings. The standard InChI is InChI=1S/C21H23N3OS/c1-15(2)16-8-7-11-18(12-16)23-21-24(3)19(14-26-21)13-20(25)22-17-9-5-4-6-10-17/h4-12,14-15H,13H2,1-3H3,(H,22,25). The van der Waals surface area contributed by atoms with Crippen molar-refractivity contribution in [1.29, 1.82) is 0 Å². The zero-order valence-corrected chi connectivity index (χ0v) is 16.1. The minimum atomic E-state index is -0.0297. The summed E-state index contributed by atoms with van der Waals surface area (Å²) in [4.78, 5) is 17.9. The molecule has 1 N–H and O–H groups in total. The van der Waals surface area contributed by atoms with Gasteiger partial charge < -0.3 is 9.88 Å². The van der Waals surface area contributed by atoms with E-state index in [1.54, 1.807) is 11.3 Å². The SMILES string of the molecule is CC(C)c1cccc(N=c2scc(CC(=O)Nc3ccccc3)n2C)c1. The van der Waals surface area contributed by atoms with Crippen LogP contribution in [-0.4, -0.2) is 10.5 Å². The maximum Gasteiger partial charge on any atom is 0.230 e. The first-order valence-electron chi connectivity index (χ1n) is 8.66. The van der Waals surface area contributed by atoms with Gasteiger partial charge in [-0.1, -0.05) is 44.2 Å². The van der Waals surface area contributed by atoms with Gasteiger partial charge in [0, 0.05) is 23.8 Å². The summed E-state index contributed by atoms with van der Waals surface area (Å²) in [6, 6.07) is 17.8. The summed E-state index contributed by atoms with van der Waals surface area (Å²) in [6.45, 7) is 4.35. The lowest BCUT2D eigenvalue weighted by Gasteiger charge is -2.06. The van der Waals surface area contributed by atoms with Crippen molar-refractivity contribution < 1.29 is 4.79 Å². The average molecular weight is 366 g/mol. The zero-order chi connectivity index (χ0) is 18.5. The van der Waals surface area contributed by atoms with Crippen molar-refractivity contribution in [3.8, 4) is 0 Å². The summed E-state index contributed by atoms with van der Waals surface area (Å²) < 4.78 is 1.98. The first-order chi connectivity index (χ1) is 12.5. The Morgan fingerprint density at radius 3 is 2.65 bits per heavy atom. The highest BCUT2D eigenvalue weighted by Gasteiger charge is 2.09. The van der Waals surface area contributed by atoms with Gasteiger partial charge in [-0.3, -0.25) is 4.79 Å². The lowest BCUT2D eigenvalue weighted by Crippen LogP contribution is -2.19. The van der Waals surface area contributed by atoms with E-state index in [4.69, 9.17) is 4.99 Å². The molecule has 1 heterocycles. The molecule has 0 aliphatic heterocycles. The number of amides is 1. The van der Waals surface area contributed by atoms with Crippen LogP contribution in [-0.2, 0) is 18.3 Å². The summed E-state index contributed by atoms with van der Waals surface area (Å²) >= 11 is 1.55. The number of rotatable bonds is 5. The molecule has 0 aliphatic rings. The largest absolute Gasteiger partial charge is 0.326 e. The van der Waals surface area contributed by atoms with Crippen molar-refractivity contribution in [2.45, 2.75) is 26.2 Å². The molecule has 3 rings (SSSR count). The number of carbonyl (C=O) groups is 1. The average Bonchev–Trinajstić information content (AvgIpc) is 2.96. The Kier molecular flexibility index (Phi) is 5.68. The number of anilines is 1. The molecule has 0 radical (unpaired) electrons. The van der Waals surface area contributed by atoms with E-state index < -0.39 is 0 Å². The zero-order valence-electron chi connectivity index (χ0n) is 15.3. The third-order valence-corrected chi connectivity index (χ3v) is 5.14. The molecular formula is C21H23N3OS. The normalized spacial score (nSPS) is 11.8. The molecule has 0 atom stereocenters. The predicted octanol–water partition coefficient (Wildman–Crippen LogP) is 4.62. The number of benzene rings is 2. The number of para-hydroxylation sites is 1. The van der Waals surface area contributed by atoms with Crippen LogP contribution in [0, 0.1) is 0 Å². The Morgan fingerprint density at radius 1 is 1.15 bits per heavy atom. The molecule has 0 saturated heterocycles. The number of thiazole rings is 1. The lowest BCUT2D eigenvalue weighted by molar-refractivity contribution is -0.115. The summed E-state index contributed by atoms with van der Waals surface area (Å²) in [5.41, 5.74) is 3.97. The van der Waals surface area contributed by atoms with Crippen LogP contribution < -0.4 is 10.1 Å². The Balaban J connectivity index is 1.77. The fourth-order valence-electron chi connectivity index (χ4n) is 2.62. The van der Waals surface area contributed by atoms with Gasteiger partial charge in [0.1, 0.15) is 0 Å². The van der Waals surface area contributed by atoms with Crippen LogP contribution in [0.4, 0.5) is 11.4 Å². The van der Waals surface area contributed by atoms with E-state index in [0.717, 1.165) is 21.9 Å². The third kappa shape index (κ3) is 4.49. The van der Waals surface area contributed by atoms with E-state index in [1.807, 2.05) is 59.5 Å². The van der Waals surface area contributed by atoms with Crippen molar-refractivity contribution in [3.63, 3.8) is 0 Å². The smallest absolute Gasteiger partial charge is 0.230 e. The van der Waals surface area contributed by atoms with Gasteiger partial charge in [0.2, 0.25) is 5.91 Å². The van der Waals surface area contributed by atoms with Gasteiger partial charge in [0.15, 0.2) is 4.80 Å². The Labute approximate surface area is 157 Å². The molecule has 5 heteroatoms. The summed E-state index contributed by atoms with van der Waals surface area (Å²) in [5, 5.41) is 4.91. The molecule has 0 fully saturated rings. The molecule has 1 aromatic heterocycles. The number of nitrogens with one attached hydrogen (secondary N) is 1. The van der Waals surface area contributed by atoms with Crippen LogP contribution in [0.1, 0.15) is 31.0 Å². The van der Waals surface area contributed by atoms with Gasteiger partial charge in [0.05, 0.1) is 12.1 Å². The maximum absolute atomic E-state index is 12.3. The van der Waals surface area contributed by atoms with Gasteiger partial charge in [-0.25, -0.2) is 4.99 Å². The van der Waals surface area contributed by atoms with Crippen molar-refractivity contribution in [1.82, 2.24) is 4.57 Å². The Morgan fingerprint density at radius 2 is 1.92 bits per heavy atom. The molecule has 0 unspecified atom stereocenters. The fourth-order valence-corrected chi connectivity index (χ4v) is 3.53. The number of carbonyl (C=O) groups excluding carboxylic acids is 1. The van der Waals surface area contributed by atoms with E-state index in [0.29, 0.717) is 12.3 Å². The lowest BCUT2D eigenvalue weighted by atomic mass is 10.0. The molecule has 134 valence electrons. The highest BCUT2D eigenvalue weighted by atomic mass is 32.1. The minimum Gasteiger partial charge on any atom is -0.326 e. The number of hydrogen-bond acceptors (Lipinski definition) is 3. The molecule has 4 nitrogen and oxygen atoms in total. The van der Waals surface area contributed by atoms with Gasteiger partial charge in [-0.2, -0.15) is 0 Å². The summed E-state index contributed by atoms with van der Waals surface area (Å²) in [6.07, 6.45) is 0.323. The molecule has 26 heavy (non-hydrogen) atoms. The van der Waals surface area contributed by atoms with Crippen LogP contribution in [0.2, 0.25) is 0 Å². The summed E-state index contributed by atoms with van der Waals surface area (Å²) in [7, 11) is 1.95. The molecule has 0 spiro atoms. The number of aromatic nitrogens is 1. The van der Waals surface area contributed by atoms with Gasteiger partial charge >= 0.3 is 0 Å². The van der Waals surface area contributed by atoms with Crippen molar-refractivity contribution >= 4 is 28.6 Å². The highest BCUT2D eigenvalue weighted by molar-refractivity contribution is 7.07. The van der Waals surface area contributed by atoms with E-state index in [1.165, 1.54) is 5.56 Å². The second kappa shape index (κ2) is 8.15. The van der Waals surface area contributed by atoms with Crippen molar-refractivity contribution in [3.05, 3.63) is 76.0 Å². The number of nitrogens with zero attached hydrogens (tertiary/aromatic N) is 2. The second-order valence-corrected chi connectivity index (χ2v) is 7.36. The molecule has 1 amide bonds. The minimum absolute atomic E-state index is 0.0297.